The van der Waals surface area contributed by atoms with Crippen LogP contribution in [0.3, 0.4) is 0 Å². The molecule has 0 atom stereocenters. The third-order valence-electron chi connectivity index (χ3n) is 8.78. The lowest BCUT2D eigenvalue weighted by Gasteiger charge is -2.12. The minimum Gasteiger partial charge on any atom is -0.493 e. The Balaban J connectivity index is 1.01. The summed E-state index contributed by atoms with van der Waals surface area (Å²) in [6.45, 7) is 4.82. The maximum atomic E-state index is 14.5. The van der Waals surface area contributed by atoms with Gasteiger partial charge in [0.1, 0.15) is 23.1 Å². The van der Waals surface area contributed by atoms with E-state index in [4.69, 9.17) is 9.47 Å². The molecule has 2 nitrogen and oxygen atoms in total. The molecule has 10 heteroatoms. The summed E-state index contributed by atoms with van der Waals surface area (Å²) < 4.78 is 121. The molecule has 274 valence electrons. The van der Waals surface area contributed by atoms with Crippen molar-refractivity contribution in [2.45, 2.75) is 77.0 Å². The Morgan fingerprint density at radius 2 is 0.804 bits per heavy atom. The normalized spacial score (nSPS) is 11.3. The van der Waals surface area contributed by atoms with Crippen molar-refractivity contribution in [3.63, 3.8) is 0 Å². The third kappa shape index (κ3) is 11.9. The zero-order valence-electron chi connectivity index (χ0n) is 28.4. The van der Waals surface area contributed by atoms with Gasteiger partial charge in [0.05, 0.1) is 13.2 Å². The second kappa shape index (κ2) is 19.9. The van der Waals surface area contributed by atoms with Crippen molar-refractivity contribution in [2.24, 2.45) is 5.92 Å². The number of hydrogen-bond donors (Lipinski definition) is 0. The summed E-state index contributed by atoms with van der Waals surface area (Å²) in [5.41, 5.74) is -0.286. The van der Waals surface area contributed by atoms with E-state index in [0.29, 0.717) is 30.6 Å². The Kier molecular flexibility index (Phi) is 15.4. The molecular formula is C41H42F8O2. The lowest BCUT2D eigenvalue weighted by molar-refractivity contribution is 0.302. The molecular weight excluding hydrogens is 676 g/mol. The summed E-state index contributed by atoms with van der Waals surface area (Å²) in [5, 5.41) is 0. The van der Waals surface area contributed by atoms with Crippen molar-refractivity contribution in [3.8, 4) is 33.8 Å². The van der Waals surface area contributed by atoms with Gasteiger partial charge in [0.25, 0.3) is 0 Å². The first-order chi connectivity index (χ1) is 24.6. The average Bonchev–Trinajstić information content (AvgIpc) is 3.10. The summed E-state index contributed by atoms with van der Waals surface area (Å²) in [5.74, 6) is -9.06. The Hall–Kier alpha value is -4.34. The predicted molar refractivity (Wildman–Crippen MR) is 184 cm³/mol. The highest BCUT2D eigenvalue weighted by Gasteiger charge is 2.16. The van der Waals surface area contributed by atoms with E-state index in [2.05, 4.69) is 6.58 Å². The van der Waals surface area contributed by atoms with Gasteiger partial charge in [0, 0.05) is 23.3 Å². The summed E-state index contributed by atoms with van der Waals surface area (Å²) in [4.78, 5) is 0. The van der Waals surface area contributed by atoms with E-state index in [9.17, 15) is 35.1 Å². The molecule has 51 heavy (non-hydrogen) atoms. The van der Waals surface area contributed by atoms with E-state index in [1.54, 1.807) is 0 Å². The van der Waals surface area contributed by atoms with Crippen LogP contribution in [0.15, 0.2) is 73.3 Å². The van der Waals surface area contributed by atoms with Crippen molar-refractivity contribution >= 4 is 0 Å². The number of hydrogen-bond acceptors (Lipinski definition) is 2. The first-order valence-corrected chi connectivity index (χ1v) is 17.3. The topological polar surface area (TPSA) is 18.5 Å². The van der Waals surface area contributed by atoms with Crippen LogP contribution < -0.4 is 9.47 Å². The zero-order valence-corrected chi connectivity index (χ0v) is 28.4. The van der Waals surface area contributed by atoms with Crippen LogP contribution in [-0.4, -0.2) is 13.2 Å². The fourth-order valence-electron chi connectivity index (χ4n) is 5.90. The van der Waals surface area contributed by atoms with Crippen LogP contribution >= 0.6 is 0 Å². The first-order valence-electron chi connectivity index (χ1n) is 17.3. The Morgan fingerprint density at radius 3 is 1.16 bits per heavy atom. The Bertz CT molecular complexity index is 1570. The first kappa shape index (κ1) is 39.4. The van der Waals surface area contributed by atoms with Crippen LogP contribution in [0.1, 0.15) is 77.0 Å². The van der Waals surface area contributed by atoms with Gasteiger partial charge in [0.2, 0.25) is 0 Å². The van der Waals surface area contributed by atoms with E-state index in [-0.39, 0.29) is 22.3 Å². The average molecular weight is 719 g/mol. The van der Waals surface area contributed by atoms with E-state index in [0.717, 1.165) is 113 Å². The van der Waals surface area contributed by atoms with Gasteiger partial charge in [-0.3, -0.25) is 0 Å². The molecule has 0 fully saturated rings. The van der Waals surface area contributed by atoms with Crippen LogP contribution in [-0.2, 0) is 0 Å². The largest absolute Gasteiger partial charge is 0.493 e. The van der Waals surface area contributed by atoms with E-state index < -0.39 is 46.5 Å². The van der Waals surface area contributed by atoms with E-state index in [1.807, 2.05) is 6.08 Å². The Labute approximate surface area is 294 Å². The molecule has 0 saturated carbocycles. The number of halogens is 8. The monoisotopic (exact) mass is 718 g/mol. The second-order valence-corrected chi connectivity index (χ2v) is 12.6. The molecule has 0 spiro atoms. The number of unbranched alkanes of at least 4 members (excludes halogenated alkanes) is 8. The van der Waals surface area contributed by atoms with Crippen molar-refractivity contribution in [2.75, 3.05) is 13.2 Å². The van der Waals surface area contributed by atoms with Gasteiger partial charge < -0.3 is 9.47 Å². The summed E-state index contributed by atoms with van der Waals surface area (Å²) in [7, 11) is 0. The highest BCUT2D eigenvalue weighted by molar-refractivity contribution is 5.66. The smallest absolute Gasteiger partial charge is 0.194 e. The van der Waals surface area contributed by atoms with Crippen LogP contribution in [0.4, 0.5) is 35.1 Å². The van der Waals surface area contributed by atoms with Crippen molar-refractivity contribution in [1.29, 1.82) is 0 Å². The molecule has 4 aromatic rings. The van der Waals surface area contributed by atoms with Gasteiger partial charge >= 0.3 is 0 Å². The number of benzene rings is 4. The summed E-state index contributed by atoms with van der Waals surface area (Å²) >= 11 is 0. The van der Waals surface area contributed by atoms with Crippen molar-refractivity contribution < 1.29 is 44.6 Å². The minimum atomic E-state index is -1.60. The molecule has 4 aromatic carbocycles. The van der Waals surface area contributed by atoms with E-state index >= 15 is 0 Å². The molecule has 0 heterocycles. The molecule has 4 rings (SSSR count). The number of allylic oxidation sites excluding steroid dienone is 1. The molecule has 0 amide bonds. The van der Waals surface area contributed by atoms with E-state index in [1.165, 1.54) is 24.3 Å². The lowest BCUT2D eigenvalue weighted by atomic mass is 9.94. The molecule has 0 aliphatic heterocycles. The standard InChI is InChI=1S/C41H42F8O2/c1-2-27(13-9-5-3-7-11-19-50-30-15-17-32(34(42)25-30)28-21-36(44)40(48)37(45)22-28)14-10-6-4-8-12-20-51-31-16-18-33(35(43)26-31)29-23-38(46)41(49)39(47)24-29/h2,15-18,21-27H,1,3-14,19-20H2. The second-order valence-electron chi connectivity index (χ2n) is 12.6. The molecule has 0 aliphatic rings. The number of rotatable bonds is 21. The lowest BCUT2D eigenvalue weighted by Crippen LogP contribution is -2.00. The fourth-order valence-corrected chi connectivity index (χ4v) is 5.90. The maximum absolute atomic E-state index is 14.5. The maximum Gasteiger partial charge on any atom is 0.194 e. The van der Waals surface area contributed by atoms with Crippen LogP contribution in [0.2, 0.25) is 0 Å². The molecule has 0 aromatic heterocycles. The molecule has 0 N–H and O–H groups in total. The predicted octanol–water partition coefficient (Wildman–Crippen LogP) is 13.1. The van der Waals surface area contributed by atoms with Gasteiger partial charge in [-0.15, -0.1) is 6.58 Å². The molecule has 0 bridgehead atoms. The van der Waals surface area contributed by atoms with Gasteiger partial charge in [-0.1, -0.05) is 57.4 Å². The zero-order chi connectivity index (χ0) is 36.8. The third-order valence-corrected chi connectivity index (χ3v) is 8.78. The van der Waals surface area contributed by atoms with Crippen LogP contribution in [0.25, 0.3) is 22.3 Å². The quantitative estimate of drug-likeness (QED) is 0.0370. The van der Waals surface area contributed by atoms with Gasteiger partial charge in [-0.05, 0) is 91.3 Å². The van der Waals surface area contributed by atoms with Gasteiger partial charge in [-0.25, -0.2) is 35.1 Å². The Morgan fingerprint density at radius 1 is 0.451 bits per heavy atom. The highest BCUT2D eigenvalue weighted by Crippen LogP contribution is 2.30. The van der Waals surface area contributed by atoms with Crippen LogP contribution in [0, 0.1) is 52.5 Å². The fraction of sp³-hybridized carbons (Fsp3) is 0.366. The molecule has 0 unspecified atom stereocenters. The molecule has 0 radical (unpaired) electrons. The SMILES string of the molecule is C=CC(CCCCCCCOc1ccc(-c2cc(F)c(F)c(F)c2)c(F)c1)CCCCCCCOc1ccc(-c2cc(F)c(F)c(F)c2)c(F)c1. The van der Waals surface area contributed by atoms with Crippen molar-refractivity contribution in [1.82, 2.24) is 0 Å². The number of ether oxygens (including phenoxy) is 2. The van der Waals surface area contributed by atoms with Gasteiger partial charge in [-0.2, -0.15) is 0 Å². The highest BCUT2D eigenvalue weighted by atomic mass is 19.2. The van der Waals surface area contributed by atoms with Crippen LogP contribution in [0.5, 0.6) is 11.5 Å². The van der Waals surface area contributed by atoms with Gasteiger partial charge in [0.15, 0.2) is 34.9 Å². The summed E-state index contributed by atoms with van der Waals surface area (Å²) in [6, 6.07) is 11.1. The molecule has 0 saturated heterocycles. The van der Waals surface area contributed by atoms with Crippen molar-refractivity contribution in [3.05, 3.63) is 120 Å². The minimum absolute atomic E-state index is 0.0481. The summed E-state index contributed by atoms with van der Waals surface area (Å²) in [6.07, 6.45) is 14.2. The molecule has 0 aliphatic carbocycles.